The molecule has 0 bridgehead atoms. The van der Waals surface area contributed by atoms with Gasteiger partial charge in [0.05, 0.1) is 6.61 Å². The summed E-state index contributed by atoms with van der Waals surface area (Å²) in [6, 6.07) is 6.53. The number of halogens is 1. The molecule has 1 aromatic carbocycles. The number of nitrogens with zero attached hydrogens (tertiary/aromatic N) is 1. The van der Waals surface area contributed by atoms with Crippen molar-refractivity contribution in [3.8, 4) is 0 Å². The van der Waals surface area contributed by atoms with E-state index < -0.39 is 0 Å². The molecule has 0 aliphatic carbocycles. The van der Waals surface area contributed by atoms with Crippen molar-refractivity contribution in [2.45, 2.75) is 45.8 Å². The summed E-state index contributed by atoms with van der Waals surface area (Å²) in [6.07, 6.45) is 0. The van der Waals surface area contributed by atoms with Crippen LogP contribution in [-0.4, -0.2) is 18.9 Å². The Kier molecular flexibility index (Phi) is 3.50. The van der Waals surface area contributed by atoms with Gasteiger partial charge in [0, 0.05) is 22.1 Å². The van der Waals surface area contributed by atoms with E-state index >= 15 is 0 Å². The van der Waals surface area contributed by atoms with Crippen LogP contribution in [0.3, 0.4) is 0 Å². The first-order valence-corrected chi connectivity index (χ1v) is 7.48. The van der Waals surface area contributed by atoms with Crippen molar-refractivity contribution in [2.24, 2.45) is 0 Å². The van der Waals surface area contributed by atoms with Crippen molar-refractivity contribution in [3.63, 3.8) is 0 Å². The van der Waals surface area contributed by atoms with Crippen LogP contribution in [0.2, 0.25) is 0 Å². The summed E-state index contributed by atoms with van der Waals surface area (Å²) in [5.41, 5.74) is 2.55. The van der Waals surface area contributed by atoms with Crippen LogP contribution in [-0.2, 0) is 10.2 Å². The highest BCUT2D eigenvalue weighted by atomic mass is 79.9. The Hall–Kier alpha value is -0.540. The fourth-order valence-corrected chi connectivity index (χ4v) is 3.35. The Morgan fingerprint density at radius 2 is 1.89 bits per heavy atom. The van der Waals surface area contributed by atoms with Gasteiger partial charge in [-0.3, -0.25) is 0 Å². The van der Waals surface area contributed by atoms with Crippen molar-refractivity contribution in [3.05, 3.63) is 28.2 Å². The van der Waals surface area contributed by atoms with Crippen LogP contribution in [0.25, 0.3) is 0 Å². The van der Waals surface area contributed by atoms with Crippen LogP contribution in [0.15, 0.2) is 22.7 Å². The maximum absolute atomic E-state index is 6.01. The van der Waals surface area contributed by atoms with Crippen LogP contribution in [0, 0.1) is 0 Å². The number of fused-ring (bicyclic) bond motifs is 3. The van der Waals surface area contributed by atoms with Crippen molar-refractivity contribution < 1.29 is 4.74 Å². The molecule has 2 nitrogen and oxygen atoms in total. The van der Waals surface area contributed by atoms with E-state index in [1.165, 1.54) is 11.3 Å². The minimum absolute atomic E-state index is 0.0304. The number of benzene rings is 1. The van der Waals surface area contributed by atoms with Gasteiger partial charge in [0.2, 0.25) is 0 Å². The molecule has 100 valence electrons. The zero-order valence-corrected chi connectivity index (χ0v) is 13.5. The molecule has 0 N–H and O–H groups in total. The highest BCUT2D eigenvalue weighted by Gasteiger charge is 2.57. The highest BCUT2D eigenvalue weighted by molar-refractivity contribution is 9.10. The monoisotopic (exact) mass is 311 g/mol. The molecular weight excluding hydrogens is 290 g/mol. The SMILES string of the molecule is CC.CC1(C)c2cc(Br)ccc2N2CCOC21C. The predicted molar refractivity (Wildman–Crippen MR) is 80.2 cm³/mol. The van der Waals surface area contributed by atoms with E-state index in [2.05, 4.69) is 59.8 Å². The average Bonchev–Trinajstić information content (AvgIpc) is 2.81. The van der Waals surface area contributed by atoms with E-state index in [0.29, 0.717) is 0 Å². The molecule has 2 aliphatic rings. The molecule has 0 aromatic heterocycles. The third-order valence-electron chi connectivity index (χ3n) is 4.30. The Bertz CT molecular complexity index is 458. The molecule has 3 heteroatoms. The van der Waals surface area contributed by atoms with Gasteiger partial charge in [0.25, 0.3) is 0 Å². The van der Waals surface area contributed by atoms with Gasteiger partial charge in [-0.2, -0.15) is 0 Å². The summed E-state index contributed by atoms with van der Waals surface area (Å²) in [6.45, 7) is 12.6. The number of hydrogen-bond acceptors (Lipinski definition) is 2. The Morgan fingerprint density at radius 3 is 2.56 bits per heavy atom. The molecule has 1 atom stereocenters. The normalized spacial score (nSPS) is 27.3. The van der Waals surface area contributed by atoms with Gasteiger partial charge in [-0.25, -0.2) is 0 Å². The van der Waals surface area contributed by atoms with E-state index in [0.717, 1.165) is 17.6 Å². The van der Waals surface area contributed by atoms with E-state index in [9.17, 15) is 0 Å². The molecule has 1 aromatic rings. The predicted octanol–water partition coefficient (Wildman–Crippen LogP) is 4.32. The third-order valence-corrected chi connectivity index (χ3v) is 4.79. The van der Waals surface area contributed by atoms with E-state index in [4.69, 9.17) is 4.74 Å². The molecule has 1 saturated heterocycles. The summed E-state index contributed by atoms with van der Waals surface area (Å²) in [5, 5.41) is 0. The maximum atomic E-state index is 6.01. The van der Waals surface area contributed by atoms with E-state index in [1.54, 1.807) is 0 Å². The fraction of sp³-hybridized carbons (Fsp3) is 0.600. The molecule has 3 rings (SSSR count). The average molecular weight is 312 g/mol. The lowest BCUT2D eigenvalue weighted by atomic mass is 9.78. The van der Waals surface area contributed by atoms with Gasteiger partial charge in [-0.1, -0.05) is 43.6 Å². The van der Waals surface area contributed by atoms with Gasteiger partial charge in [-0.05, 0) is 30.7 Å². The molecule has 1 fully saturated rings. The first kappa shape index (κ1) is 13.9. The molecule has 0 radical (unpaired) electrons. The number of hydrogen-bond donors (Lipinski definition) is 0. The molecular formula is C15H22BrNO. The maximum Gasteiger partial charge on any atom is 0.147 e. The van der Waals surface area contributed by atoms with Gasteiger partial charge in [-0.15, -0.1) is 0 Å². The van der Waals surface area contributed by atoms with E-state index in [1.807, 2.05) is 13.8 Å². The number of anilines is 1. The Labute approximate surface area is 118 Å². The molecule has 0 spiro atoms. The first-order chi connectivity index (χ1) is 8.47. The molecule has 18 heavy (non-hydrogen) atoms. The topological polar surface area (TPSA) is 12.5 Å². The molecule has 1 unspecified atom stereocenters. The lowest BCUT2D eigenvalue weighted by Gasteiger charge is -2.38. The lowest BCUT2D eigenvalue weighted by Crippen LogP contribution is -2.50. The van der Waals surface area contributed by atoms with Gasteiger partial charge >= 0.3 is 0 Å². The fourth-order valence-electron chi connectivity index (χ4n) is 2.99. The van der Waals surface area contributed by atoms with Crippen LogP contribution in [0.4, 0.5) is 5.69 Å². The standard InChI is InChI=1S/C13H16BrNO.C2H6/c1-12(2)10-8-9(14)4-5-11(10)15-6-7-16-13(12,15)3;1-2/h4-5,8H,6-7H2,1-3H3;1-2H3. The molecule has 2 aliphatic heterocycles. The lowest BCUT2D eigenvalue weighted by molar-refractivity contribution is -0.0250. The van der Waals surface area contributed by atoms with E-state index in [-0.39, 0.29) is 11.1 Å². The van der Waals surface area contributed by atoms with Crippen molar-refractivity contribution in [1.82, 2.24) is 0 Å². The minimum atomic E-state index is -0.184. The second-order valence-electron chi connectivity index (χ2n) is 5.27. The molecule has 0 amide bonds. The summed E-state index contributed by atoms with van der Waals surface area (Å²) < 4.78 is 7.16. The first-order valence-electron chi connectivity index (χ1n) is 6.68. The summed E-state index contributed by atoms with van der Waals surface area (Å²) >= 11 is 3.55. The zero-order chi connectivity index (χ0) is 13.6. The van der Waals surface area contributed by atoms with Crippen molar-refractivity contribution >= 4 is 21.6 Å². The molecule has 2 heterocycles. The van der Waals surface area contributed by atoms with Crippen LogP contribution >= 0.6 is 15.9 Å². The van der Waals surface area contributed by atoms with Gasteiger partial charge in [0.1, 0.15) is 5.72 Å². The highest BCUT2D eigenvalue weighted by Crippen LogP contribution is 2.54. The van der Waals surface area contributed by atoms with Gasteiger partial charge < -0.3 is 9.64 Å². The largest absolute Gasteiger partial charge is 0.353 e. The summed E-state index contributed by atoms with van der Waals surface area (Å²) in [5.74, 6) is 0. The summed E-state index contributed by atoms with van der Waals surface area (Å²) in [4.78, 5) is 2.40. The number of ether oxygens (including phenoxy) is 1. The molecule has 0 saturated carbocycles. The number of rotatable bonds is 0. The van der Waals surface area contributed by atoms with Gasteiger partial charge in [0.15, 0.2) is 0 Å². The van der Waals surface area contributed by atoms with Crippen LogP contribution < -0.4 is 4.90 Å². The van der Waals surface area contributed by atoms with Crippen LogP contribution in [0.5, 0.6) is 0 Å². The Morgan fingerprint density at radius 1 is 1.22 bits per heavy atom. The summed E-state index contributed by atoms with van der Waals surface area (Å²) in [7, 11) is 0. The van der Waals surface area contributed by atoms with Crippen molar-refractivity contribution in [1.29, 1.82) is 0 Å². The second kappa shape index (κ2) is 4.53. The smallest absolute Gasteiger partial charge is 0.147 e. The zero-order valence-electron chi connectivity index (χ0n) is 11.9. The third kappa shape index (κ3) is 1.64. The Balaban J connectivity index is 0.000000574. The quantitative estimate of drug-likeness (QED) is 0.707. The second-order valence-corrected chi connectivity index (χ2v) is 6.19. The van der Waals surface area contributed by atoms with Crippen LogP contribution in [0.1, 0.15) is 40.2 Å². The minimum Gasteiger partial charge on any atom is -0.353 e. The van der Waals surface area contributed by atoms with Crippen molar-refractivity contribution in [2.75, 3.05) is 18.1 Å².